The van der Waals surface area contributed by atoms with E-state index in [0.29, 0.717) is 6.54 Å². The minimum absolute atomic E-state index is 0.0287. The van der Waals surface area contributed by atoms with Crippen molar-refractivity contribution in [2.24, 2.45) is 23.7 Å². The molecule has 0 saturated heterocycles. The molecule has 1 aromatic rings. The van der Waals surface area contributed by atoms with Crippen LogP contribution in [-0.4, -0.2) is 28.9 Å². The molecule has 5 heteroatoms. The van der Waals surface area contributed by atoms with Crippen molar-refractivity contribution in [3.63, 3.8) is 0 Å². The Bertz CT molecular complexity index is 551. The van der Waals surface area contributed by atoms with Crippen LogP contribution in [0.4, 0.5) is 0 Å². The number of carboxylic acids is 1. The van der Waals surface area contributed by atoms with Gasteiger partial charge in [-0.05, 0) is 40.6 Å². The quantitative estimate of drug-likeness (QED) is 0.865. The highest BCUT2D eigenvalue weighted by molar-refractivity contribution is 7.07. The van der Waals surface area contributed by atoms with Gasteiger partial charge in [0, 0.05) is 13.6 Å². The van der Waals surface area contributed by atoms with E-state index in [1.807, 2.05) is 29.0 Å². The topological polar surface area (TPSA) is 57.6 Å². The van der Waals surface area contributed by atoms with Crippen molar-refractivity contribution in [3.05, 3.63) is 34.5 Å². The standard InChI is InChI=1S/C15H17NO3S/c1-16(7-9-4-5-20-8-9)14(17)12-10-2-3-11(6-10)13(12)15(18)19/h2-5,8,10-13H,6-7H2,1H3,(H,18,19). The van der Waals surface area contributed by atoms with Gasteiger partial charge in [0.05, 0.1) is 11.8 Å². The molecule has 0 aromatic carbocycles. The van der Waals surface area contributed by atoms with Crippen molar-refractivity contribution >= 4 is 23.2 Å². The first-order valence-corrected chi connectivity index (χ1v) is 7.69. The number of hydrogen-bond acceptors (Lipinski definition) is 3. The summed E-state index contributed by atoms with van der Waals surface area (Å²) in [5.41, 5.74) is 1.09. The number of rotatable bonds is 4. The molecule has 2 aliphatic carbocycles. The van der Waals surface area contributed by atoms with Gasteiger partial charge >= 0.3 is 5.97 Å². The van der Waals surface area contributed by atoms with Gasteiger partial charge in [-0.2, -0.15) is 11.3 Å². The summed E-state index contributed by atoms with van der Waals surface area (Å²) in [6, 6.07) is 1.99. The second-order valence-electron chi connectivity index (χ2n) is 5.66. The second kappa shape index (κ2) is 5.05. The minimum Gasteiger partial charge on any atom is -0.481 e. The van der Waals surface area contributed by atoms with E-state index in [0.717, 1.165) is 12.0 Å². The average molecular weight is 291 g/mol. The minimum atomic E-state index is -0.843. The summed E-state index contributed by atoms with van der Waals surface area (Å²) in [6.45, 7) is 0.548. The maximum atomic E-state index is 12.6. The SMILES string of the molecule is CN(Cc1ccsc1)C(=O)C1C2C=CC(C2)C1C(=O)O. The predicted molar refractivity (Wildman–Crippen MR) is 76.1 cm³/mol. The number of amides is 1. The molecule has 0 spiro atoms. The summed E-state index contributed by atoms with van der Waals surface area (Å²) < 4.78 is 0. The molecule has 4 nitrogen and oxygen atoms in total. The number of carbonyl (C=O) groups is 2. The average Bonchev–Trinajstić information content (AvgIpc) is 3.12. The highest BCUT2D eigenvalue weighted by Crippen LogP contribution is 2.48. The molecule has 1 heterocycles. The van der Waals surface area contributed by atoms with Crippen molar-refractivity contribution in [1.82, 2.24) is 4.90 Å². The molecule has 1 amide bonds. The van der Waals surface area contributed by atoms with Crippen LogP contribution in [0, 0.1) is 23.7 Å². The number of fused-ring (bicyclic) bond motifs is 2. The van der Waals surface area contributed by atoms with E-state index in [1.54, 1.807) is 23.3 Å². The molecule has 1 N–H and O–H groups in total. The first-order chi connectivity index (χ1) is 9.58. The van der Waals surface area contributed by atoms with E-state index in [2.05, 4.69) is 0 Å². The Hall–Kier alpha value is -1.62. The van der Waals surface area contributed by atoms with Crippen LogP contribution in [0.25, 0.3) is 0 Å². The largest absolute Gasteiger partial charge is 0.481 e. The monoisotopic (exact) mass is 291 g/mol. The highest BCUT2D eigenvalue weighted by Gasteiger charge is 2.52. The zero-order valence-corrected chi connectivity index (χ0v) is 12.0. The first kappa shape index (κ1) is 13.4. The normalized spacial score (nSPS) is 30.6. The van der Waals surface area contributed by atoms with E-state index in [4.69, 9.17) is 0 Å². The molecule has 0 aliphatic heterocycles. The summed E-state index contributed by atoms with van der Waals surface area (Å²) in [6.07, 6.45) is 4.79. The van der Waals surface area contributed by atoms with Gasteiger partial charge in [-0.15, -0.1) is 0 Å². The lowest BCUT2D eigenvalue weighted by Crippen LogP contribution is -2.40. The van der Waals surface area contributed by atoms with Crippen LogP contribution in [0.2, 0.25) is 0 Å². The highest BCUT2D eigenvalue weighted by atomic mass is 32.1. The third kappa shape index (κ3) is 2.16. The van der Waals surface area contributed by atoms with Gasteiger partial charge < -0.3 is 10.0 Å². The van der Waals surface area contributed by atoms with Crippen molar-refractivity contribution in [2.75, 3.05) is 7.05 Å². The molecular formula is C15H17NO3S. The Labute approximate surface area is 121 Å². The fourth-order valence-electron chi connectivity index (χ4n) is 3.48. The van der Waals surface area contributed by atoms with Crippen LogP contribution in [0.1, 0.15) is 12.0 Å². The molecule has 1 saturated carbocycles. The van der Waals surface area contributed by atoms with Crippen LogP contribution in [0.5, 0.6) is 0 Å². The molecule has 1 aromatic heterocycles. The fourth-order valence-corrected chi connectivity index (χ4v) is 4.14. The zero-order chi connectivity index (χ0) is 14.3. The Balaban J connectivity index is 1.76. The van der Waals surface area contributed by atoms with Gasteiger partial charge in [0.25, 0.3) is 0 Å². The van der Waals surface area contributed by atoms with Gasteiger partial charge in [-0.3, -0.25) is 9.59 Å². The van der Waals surface area contributed by atoms with Crippen LogP contribution in [0.15, 0.2) is 29.0 Å². The molecule has 2 aliphatic rings. The molecule has 106 valence electrons. The third-order valence-corrected chi connectivity index (χ3v) is 5.14. The maximum Gasteiger partial charge on any atom is 0.307 e. The number of nitrogens with zero attached hydrogens (tertiary/aromatic N) is 1. The Morgan fingerprint density at radius 1 is 1.35 bits per heavy atom. The van der Waals surface area contributed by atoms with Gasteiger partial charge in [-0.1, -0.05) is 12.2 Å². The number of thiophene rings is 1. The summed E-state index contributed by atoms with van der Waals surface area (Å²) in [7, 11) is 1.76. The summed E-state index contributed by atoms with van der Waals surface area (Å²) in [5, 5.41) is 13.4. The third-order valence-electron chi connectivity index (χ3n) is 4.41. The molecular weight excluding hydrogens is 274 g/mol. The zero-order valence-electron chi connectivity index (χ0n) is 11.2. The Morgan fingerprint density at radius 3 is 2.65 bits per heavy atom. The lowest BCUT2D eigenvalue weighted by molar-refractivity contribution is -0.150. The predicted octanol–water partition coefficient (Wildman–Crippen LogP) is 2.23. The molecule has 4 unspecified atom stereocenters. The van der Waals surface area contributed by atoms with Gasteiger partial charge in [0.2, 0.25) is 5.91 Å². The van der Waals surface area contributed by atoms with E-state index in [-0.39, 0.29) is 17.7 Å². The molecule has 20 heavy (non-hydrogen) atoms. The summed E-state index contributed by atoms with van der Waals surface area (Å²) in [4.78, 5) is 25.7. The number of carboxylic acid groups (broad SMARTS) is 1. The lowest BCUT2D eigenvalue weighted by atomic mass is 9.82. The summed E-state index contributed by atoms with van der Waals surface area (Å²) in [5.74, 6) is -1.71. The van der Waals surface area contributed by atoms with E-state index < -0.39 is 17.8 Å². The Kier molecular flexibility index (Phi) is 3.38. The van der Waals surface area contributed by atoms with E-state index in [1.165, 1.54) is 0 Å². The van der Waals surface area contributed by atoms with Gasteiger partial charge in [0.1, 0.15) is 0 Å². The van der Waals surface area contributed by atoms with Gasteiger partial charge in [-0.25, -0.2) is 0 Å². The molecule has 3 rings (SSSR count). The van der Waals surface area contributed by atoms with Crippen molar-refractivity contribution in [3.8, 4) is 0 Å². The number of hydrogen-bond donors (Lipinski definition) is 1. The molecule has 4 atom stereocenters. The number of carbonyl (C=O) groups excluding carboxylic acids is 1. The maximum absolute atomic E-state index is 12.6. The van der Waals surface area contributed by atoms with Gasteiger partial charge in [0.15, 0.2) is 0 Å². The smallest absolute Gasteiger partial charge is 0.307 e. The van der Waals surface area contributed by atoms with Crippen molar-refractivity contribution in [1.29, 1.82) is 0 Å². The lowest BCUT2D eigenvalue weighted by Gasteiger charge is -2.28. The van der Waals surface area contributed by atoms with Crippen molar-refractivity contribution < 1.29 is 14.7 Å². The first-order valence-electron chi connectivity index (χ1n) is 6.75. The van der Waals surface area contributed by atoms with Crippen LogP contribution >= 0.6 is 11.3 Å². The molecule has 0 radical (unpaired) electrons. The summed E-state index contributed by atoms with van der Waals surface area (Å²) >= 11 is 1.60. The second-order valence-corrected chi connectivity index (χ2v) is 6.44. The van der Waals surface area contributed by atoms with E-state index in [9.17, 15) is 14.7 Å². The molecule has 2 bridgehead atoms. The van der Waals surface area contributed by atoms with Crippen LogP contribution in [-0.2, 0) is 16.1 Å². The van der Waals surface area contributed by atoms with Crippen molar-refractivity contribution in [2.45, 2.75) is 13.0 Å². The molecule has 1 fully saturated rings. The van der Waals surface area contributed by atoms with Crippen LogP contribution < -0.4 is 0 Å². The Morgan fingerprint density at radius 2 is 2.05 bits per heavy atom. The van der Waals surface area contributed by atoms with E-state index >= 15 is 0 Å². The number of aliphatic carboxylic acids is 1. The van der Waals surface area contributed by atoms with Crippen LogP contribution in [0.3, 0.4) is 0 Å². The fraction of sp³-hybridized carbons (Fsp3) is 0.467. The number of allylic oxidation sites excluding steroid dienone is 2.